The molecular formula is C10H16NO4PS. The molecule has 0 aromatic heterocycles. The highest BCUT2D eigenvalue weighted by atomic mass is 32.2. The molecule has 0 radical (unpaired) electrons. The van der Waals surface area contributed by atoms with Crippen molar-refractivity contribution in [3.8, 4) is 0 Å². The van der Waals surface area contributed by atoms with Gasteiger partial charge < -0.3 is 4.89 Å². The fraction of sp³-hybridized carbons (Fsp3) is 0.400. The molecule has 1 unspecified atom stereocenters. The molecule has 0 spiro atoms. The largest absolute Gasteiger partial charge is 0.344 e. The van der Waals surface area contributed by atoms with E-state index in [0.717, 1.165) is 5.56 Å². The highest BCUT2D eigenvalue weighted by molar-refractivity contribution is 7.89. The van der Waals surface area contributed by atoms with Crippen LogP contribution in [-0.4, -0.2) is 32.7 Å². The first-order valence-corrected chi connectivity index (χ1v) is 8.84. The molecular weight excluding hydrogens is 261 g/mol. The van der Waals surface area contributed by atoms with Crippen LogP contribution in [0.4, 0.5) is 0 Å². The molecule has 2 N–H and O–H groups in total. The van der Waals surface area contributed by atoms with Gasteiger partial charge in [0.25, 0.3) is 0 Å². The maximum atomic E-state index is 11.7. The maximum Gasteiger partial charge on any atom is 0.240 e. The Balaban J connectivity index is 2.70. The van der Waals surface area contributed by atoms with E-state index >= 15 is 0 Å². The number of hydrogen-bond acceptors (Lipinski definition) is 3. The van der Waals surface area contributed by atoms with Crippen molar-refractivity contribution in [2.45, 2.75) is 11.8 Å². The lowest BCUT2D eigenvalue weighted by atomic mass is 10.2. The Bertz CT molecular complexity index is 518. The highest BCUT2D eigenvalue weighted by Crippen LogP contribution is 2.33. The predicted molar refractivity (Wildman–Crippen MR) is 67.0 cm³/mol. The third-order valence-electron chi connectivity index (χ3n) is 2.15. The summed E-state index contributed by atoms with van der Waals surface area (Å²) >= 11 is 0. The predicted octanol–water partition coefficient (Wildman–Crippen LogP) is 1.17. The van der Waals surface area contributed by atoms with E-state index in [4.69, 9.17) is 4.89 Å². The molecule has 0 saturated heterocycles. The van der Waals surface area contributed by atoms with Crippen molar-refractivity contribution in [1.82, 2.24) is 4.72 Å². The highest BCUT2D eigenvalue weighted by Gasteiger charge is 2.15. The average Bonchev–Trinajstić information content (AvgIpc) is 2.15. The zero-order valence-electron chi connectivity index (χ0n) is 9.75. The Hall–Kier alpha value is -0.680. The van der Waals surface area contributed by atoms with Crippen LogP contribution in [0, 0.1) is 6.92 Å². The van der Waals surface area contributed by atoms with Gasteiger partial charge in [0.2, 0.25) is 10.0 Å². The summed E-state index contributed by atoms with van der Waals surface area (Å²) in [7, 11) is -6.76. The first-order chi connectivity index (χ1) is 7.71. The van der Waals surface area contributed by atoms with Gasteiger partial charge in [0.05, 0.1) is 4.90 Å². The molecule has 7 heteroatoms. The molecule has 1 aromatic rings. The molecule has 0 aliphatic heterocycles. The second-order valence-electron chi connectivity index (χ2n) is 3.99. The number of rotatable bonds is 5. The summed E-state index contributed by atoms with van der Waals surface area (Å²) in [4.78, 5) is 9.20. The fourth-order valence-electron chi connectivity index (χ4n) is 1.19. The van der Waals surface area contributed by atoms with Gasteiger partial charge in [-0.05, 0) is 19.1 Å². The van der Waals surface area contributed by atoms with Gasteiger partial charge in [-0.15, -0.1) is 0 Å². The minimum Gasteiger partial charge on any atom is -0.344 e. The van der Waals surface area contributed by atoms with Crippen molar-refractivity contribution in [2.24, 2.45) is 0 Å². The first-order valence-electron chi connectivity index (χ1n) is 5.06. The summed E-state index contributed by atoms with van der Waals surface area (Å²) in [6.07, 6.45) is -0.0713. The standard InChI is InChI=1S/C10H16NO4PS/c1-9-3-5-10(6-4-9)17(14,15)11-7-8-16(2,12)13/h3-6,11H,7-8H2,1-2H3,(H,12,13). The average molecular weight is 277 g/mol. The topological polar surface area (TPSA) is 83.5 Å². The smallest absolute Gasteiger partial charge is 0.240 e. The van der Waals surface area contributed by atoms with Crippen LogP contribution in [0.15, 0.2) is 29.2 Å². The lowest BCUT2D eigenvalue weighted by Gasteiger charge is -2.08. The fourth-order valence-corrected chi connectivity index (χ4v) is 2.90. The van der Waals surface area contributed by atoms with Crippen LogP contribution < -0.4 is 4.72 Å². The summed E-state index contributed by atoms with van der Waals surface area (Å²) in [6, 6.07) is 6.40. The summed E-state index contributed by atoms with van der Waals surface area (Å²) in [5, 5.41) is 0. The third-order valence-corrected chi connectivity index (χ3v) is 4.68. The van der Waals surface area contributed by atoms with Gasteiger partial charge in [0, 0.05) is 19.4 Å². The van der Waals surface area contributed by atoms with Gasteiger partial charge in [-0.2, -0.15) is 0 Å². The quantitative estimate of drug-likeness (QED) is 0.791. The molecule has 0 fully saturated rings. The zero-order valence-corrected chi connectivity index (χ0v) is 11.5. The van der Waals surface area contributed by atoms with Crippen molar-refractivity contribution in [1.29, 1.82) is 0 Å². The monoisotopic (exact) mass is 277 g/mol. The van der Waals surface area contributed by atoms with Gasteiger partial charge in [0.15, 0.2) is 7.37 Å². The van der Waals surface area contributed by atoms with Crippen LogP contribution in [0.25, 0.3) is 0 Å². The Labute approximate surface area is 101 Å². The summed E-state index contributed by atoms with van der Waals surface area (Å²) in [6.45, 7) is 3.02. The maximum absolute atomic E-state index is 11.7. The number of aryl methyl sites for hydroxylation is 1. The van der Waals surface area contributed by atoms with Gasteiger partial charge in [-0.1, -0.05) is 17.7 Å². The van der Waals surface area contributed by atoms with Crippen molar-refractivity contribution in [2.75, 3.05) is 19.4 Å². The number of hydrogen-bond donors (Lipinski definition) is 2. The van der Waals surface area contributed by atoms with Crippen molar-refractivity contribution in [3.05, 3.63) is 29.8 Å². The van der Waals surface area contributed by atoms with Crippen molar-refractivity contribution >= 4 is 17.4 Å². The normalized spacial score (nSPS) is 15.5. The van der Waals surface area contributed by atoms with Gasteiger partial charge >= 0.3 is 0 Å². The minimum atomic E-state index is -3.58. The van der Waals surface area contributed by atoms with E-state index in [1.807, 2.05) is 6.92 Å². The van der Waals surface area contributed by atoms with E-state index in [0.29, 0.717) is 0 Å². The molecule has 0 saturated carbocycles. The molecule has 96 valence electrons. The Morgan fingerprint density at radius 1 is 1.29 bits per heavy atom. The molecule has 0 aliphatic carbocycles. The molecule has 0 amide bonds. The molecule has 1 atom stereocenters. The molecule has 0 bridgehead atoms. The second-order valence-corrected chi connectivity index (χ2v) is 8.30. The number of benzene rings is 1. The van der Waals surface area contributed by atoms with Crippen LogP contribution in [0.1, 0.15) is 5.56 Å². The molecule has 0 heterocycles. The summed E-state index contributed by atoms with van der Waals surface area (Å²) in [5.41, 5.74) is 0.970. The summed E-state index contributed by atoms with van der Waals surface area (Å²) in [5.74, 6) is 0. The van der Waals surface area contributed by atoms with Gasteiger partial charge in [-0.25, -0.2) is 13.1 Å². The number of sulfonamides is 1. The molecule has 17 heavy (non-hydrogen) atoms. The molecule has 0 aliphatic rings. The van der Waals surface area contributed by atoms with Gasteiger partial charge in [-0.3, -0.25) is 4.57 Å². The minimum absolute atomic E-state index is 0.0412. The van der Waals surface area contributed by atoms with E-state index in [1.165, 1.54) is 18.8 Å². The van der Waals surface area contributed by atoms with E-state index in [-0.39, 0.29) is 17.6 Å². The van der Waals surface area contributed by atoms with Gasteiger partial charge in [0.1, 0.15) is 0 Å². The lowest BCUT2D eigenvalue weighted by Crippen LogP contribution is -2.26. The van der Waals surface area contributed by atoms with Crippen LogP contribution in [-0.2, 0) is 14.6 Å². The van der Waals surface area contributed by atoms with E-state index in [2.05, 4.69) is 4.72 Å². The molecule has 1 rings (SSSR count). The zero-order chi connectivity index (χ0) is 13.1. The SMILES string of the molecule is Cc1ccc(S(=O)(=O)NCCP(C)(=O)O)cc1. The Morgan fingerprint density at radius 3 is 2.29 bits per heavy atom. The lowest BCUT2D eigenvalue weighted by molar-refractivity contribution is 0.484. The molecule has 5 nitrogen and oxygen atoms in total. The van der Waals surface area contributed by atoms with Crippen LogP contribution in [0.2, 0.25) is 0 Å². The van der Waals surface area contributed by atoms with E-state index in [9.17, 15) is 13.0 Å². The van der Waals surface area contributed by atoms with Crippen LogP contribution in [0.5, 0.6) is 0 Å². The first kappa shape index (κ1) is 14.4. The number of nitrogens with one attached hydrogen (secondary N) is 1. The Kier molecular flexibility index (Phi) is 4.49. The Morgan fingerprint density at radius 2 is 1.82 bits per heavy atom. The molecule has 1 aromatic carbocycles. The second kappa shape index (κ2) is 5.31. The van der Waals surface area contributed by atoms with Crippen molar-refractivity contribution < 1.29 is 17.9 Å². The summed E-state index contributed by atoms with van der Waals surface area (Å²) < 4.78 is 36.8. The third kappa shape index (κ3) is 5.00. The van der Waals surface area contributed by atoms with Crippen LogP contribution in [0.3, 0.4) is 0 Å². The van der Waals surface area contributed by atoms with E-state index in [1.54, 1.807) is 12.1 Å². The van der Waals surface area contributed by atoms with Crippen molar-refractivity contribution in [3.63, 3.8) is 0 Å². The van der Waals surface area contributed by atoms with Crippen LogP contribution >= 0.6 is 7.37 Å². The van der Waals surface area contributed by atoms with E-state index < -0.39 is 17.4 Å².